The third kappa shape index (κ3) is 12.5. The number of rotatable bonds is 14. The lowest BCUT2D eigenvalue weighted by Crippen LogP contribution is -2.38. The molecule has 1 amide bonds. The van der Waals surface area contributed by atoms with Gasteiger partial charge in [0.25, 0.3) is 5.91 Å². The van der Waals surface area contributed by atoms with Gasteiger partial charge in [0, 0.05) is 5.69 Å². The molecule has 9 heteroatoms. The number of hydrogen-bond donors (Lipinski definition) is 4. The van der Waals surface area contributed by atoms with Gasteiger partial charge in [-0.3, -0.25) is 4.79 Å². The summed E-state index contributed by atoms with van der Waals surface area (Å²) in [6, 6.07) is 11.3. The Labute approximate surface area is 283 Å². The number of nitrogens with one attached hydrogen (secondary N) is 2. The number of anilines is 2. The maximum atomic E-state index is 15.2. The second-order valence-corrected chi connectivity index (χ2v) is 12.0. The molecule has 0 aromatic heterocycles. The van der Waals surface area contributed by atoms with Gasteiger partial charge in [0.05, 0.1) is 16.8 Å². The molecular formula is C38H49F4N3OS. The molecule has 47 heavy (non-hydrogen) atoms. The van der Waals surface area contributed by atoms with Gasteiger partial charge in [0.15, 0.2) is 0 Å². The normalized spacial score (nSPS) is 15.8. The average Bonchev–Trinajstić information content (AvgIpc) is 3.87. The van der Waals surface area contributed by atoms with Crippen molar-refractivity contribution in [1.29, 1.82) is 0 Å². The zero-order valence-electron chi connectivity index (χ0n) is 28.1. The fraction of sp³-hybridized carbons (Fsp3) is 0.395. The molecule has 1 aliphatic carbocycles. The molecule has 0 radical (unpaired) electrons. The minimum Gasteiger partial charge on any atom is -0.351 e. The van der Waals surface area contributed by atoms with Gasteiger partial charge in [-0.25, -0.2) is 4.39 Å². The van der Waals surface area contributed by atoms with Crippen LogP contribution in [0.4, 0.5) is 28.9 Å². The van der Waals surface area contributed by atoms with Crippen LogP contribution >= 0.6 is 12.6 Å². The molecule has 0 saturated heterocycles. The van der Waals surface area contributed by atoms with Gasteiger partial charge < -0.3 is 16.4 Å². The summed E-state index contributed by atoms with van der Waals surface area (Å²) in [4.78, 5) is 13.6. The molecule has 1 unspecified atom stereocenters. The summed E-state index contributed by atoms with van der Waals surface area (Å²) in [5.41, 5.74) is 7.34. The Kier molecular flexibility index (Phi) is 16.3. The maximum Gasteiger partial charge on any atom is 0.416 e. The van der Waals surface area contributed by atoms with Gasteiger partial charge in [0.2, 0.25) is 0 Å². The first-order valence-electron chi connectivity index (χ1n) is 16.2. The number of hydrogen-bond acceptors (Lipinski definition) is 4. The Morgan fingerprint density at radius 1 is 1.02 bits per heavy atom. The maximum absolute atomic E-state index is 15.2. The monoisotopic (exact) mass is 671 g/mol. The van der Waals surface area contributed by atoms with Gasteiger partial charge in [-0.15, -0.1) is 0 Å². The highest BCUT2D eigenvalue weighted by Crippen LogP contribution is 2.41. The summed E-state index contributed by atoms with van der Waals surface area (Å²) < 4.78 is 56.8. The third-order valence-corrected chi connectivity index (χ3v) is 7.61. The summed E-state index contributed by atoms with van der Waals surface area (Å²) in [6.45, 7) is 9.30. The van der Waals surface area contributed by atoms with E-state index in [9.17, 15) is 18.0 Å². The number of halogens is 4. The summed E-state index contributed by atoms with van der Waals surface area (Å²) >= 11 is 3.79. The minimum absolute atomic E-state index is 0.108. The average molecular weight is 672 g/mol. The van der Waals surface area contributed by atoms with Crippen molar-refractivity contribution >= 4 is 29.9 Å². The number of thiol groups is 1. The molecule has 0 heterocycles. The molecular weight excluding hydrogens is 622 g/mol. The van der Waals surface area contributed by atoms with Crippen molar-refractivity contribution in [2.24, 2.45) is 11.7 Å². The van der Waals surface area contributed by atoms with Crippen molar-refractivity contribution in [3.05, 3.63) is 119 Å². The second kappa shape index (κ2) is 19.3. The third-order valence-electron chi connectivity index (χ3n) is 7.61. The van der Waals surface area contributed by atoms with E-state index < -0.39 is 29.0 Å². The number of aryl methyl sites for hydroxylation is 1. The van der Waals surface area contributed by atoms with Crippen molar-refractivity contribution in [2.75, 3.05) is 16.4 Å². The van der Waals surface area contributed by atoms with Crippen LogP contribution < -0.4 is 16.4 Å². The number of benzene rings is 2. The lowest BCUT2D eigenvalue weighted by Gasteiger charge is -2.32. The highest BCUT2D eigenvalue weighted by molar-refractivity contribution is 7.80. The van der Waals surface area contributed by atoms with Crippen LogP contribution in [0, 0.1) is 11.7 Å². The molecule has 0 aliphatic heterocycles. The summed E-state index contributed by atoms with van der Waals surface area (Å²) in [5, 5.41) is 5.35. The Morgan fingerprint density at radius 2 is 1.72 bits per heavy atom. The summed E-state index contributed by atoms with van der Waals surface area (Å²) in [7, 11) is 0. The van der Waals surface area contributed by atoms with E-state index in [1.165, 1.54) is 12.1 Å². The number of allylic oxidation sites excluding steroid dienone is 7. The first-order chi connectivity index (χ1) is 22.4. The van der Waals surface area contributed by atoms with E-state index in [-0.39, 0.29) is 17.8 Å². The van der Waals surface area contributed by atoms with E-state index in [0.29, 0.717) is 30.0 Å². The number of nitrogens with two attached hydrogens (primary N) is 1. The molecule has 1 atom stereocenters. The van der Waals surface area contributed by atoms with Crippen molar-refractivity contribution in [1.82, 2.24) is 0 Å². The van der Waals surface area contributed by atoms with Crippen LogP contribution in [0.2, 0.25) is 0 Å². The molecule has 4 nitrogen and oxygen atoms in total. The van der Waals surface area contributed by atoms with Gasteiger partial charge >= 0.3 is 6.18 Å². The molecule has 2 aromatic rings. The highest BCUT2D eigenvalue weighted by atomic mass is 32.1. The highest BCUT2D eigenvalue weighted by Gasteiger charge is 2.35. The van der Waals surface area contributed by atoms with Crippen LogP contribution in [-0.4, -0.2) is 17.8 Å². The Bertz CT molecular complexity index is 1470. The van der Waals surface area contributed by atoms with Crippen LogP contribution in [0.25, 0.3) is 0 Å². The molecule has 3 rings (SSSR count). The number of carbonyl (C=O) groups is 1. The van der Waals surface area contributed by atoms with E-state index in [1.807, 2.05) is 64.1 Å². The molecule has 0 bridgehead atoms. The molecule has 2 aromatic carbocycles. The number of alkyl halides is 3. The smallest absolute Gasteiger partial charge is 0.351 e. The van der Waals surface area contributed by atoms with E-state index in [4.69, 9.17) is 5.73 Å². The lowest BCUT2D eigenvalue weighted by atomic mass is 9.78. The van der Waals surface area contributed by atoms with E-state index in [0.717, 1.165) is 48.3 Å². The second-order valence-electron chi connectivity index (χ2n) is 11.4. The van der Waals surface area contributed by atoms with E-state index in [1.54, 1.807) is 31.2 Å². The van der Waals surface area contributed by atoms with Crippen LogP contribution in [-0.2, 0) is 16.8 Å². The van der Waals surface area contributed by atoms with Gasteiger partial charge in [-0.1, -0.05) is 88.3 Å². The van der Waals surface area contributed by atoms with Crippen LogP contribution in [0.5, 0.6) is 0 Å². The van der Waals surface area contributed by atoms with Crippen molar-refractivity contribution in [3.8, 4) is 0 Å². The van der Waals surface area contributed by atoms with Crippen molar-refractivity contribution in [3.63, 3.8) is 0 Å². The van der Waals surface area contributed by atoms with Crippen LogP contribution in [0.15, 0.2) is 102 Å². The lowest BCUT2D eigenvalue weighted by molar-refractivity contribution is -0.112. The van der Waals surface area contributed by atoms with Gasteiger partial charge in [0.1, 0.15) is 11.5 Å². The number of carbonyl (C=O) groups excluding carboxylic acids is 1. The molecule has 4 N–H and O–H groups in total. The minimum atomic E-state index is -4.69. The van der Waals surface area contributed by atoms with Gasteiger partial charge in [-0.05, 0) is 98.2 Å². The molecule has 1 fully saturated rings. The summed E-state index contributed by atoms with van der Waals surface area (Å²) in [6.07, 6.45) is 11.2. The Morgan fingerprint density at radius 3 is 2.30 bits per heavy atom. The standard InChI is InChI=1S/C36H43F4N3O.C2H6S/c1-5-9-14-27(11-6-2)35(41,21-20-26-16-17-26)28-18-19-31(37)32(23-28)43-34(44)33(24-29(12-7-3)36(38,39)40)42-30-15-10-13-25(8-4)22-30;1-2-3/h5-6,9-15,18-19,22-24,26,42H,7-8,16-17,20-21,41H2,1-4H3,(H,43,44);3H,2H2,1H3/b9-5-,11-6-,27-14+,29-12-,33-24-;. The van der Waals surface area contributed by atoms with E-state index in [2.05, 4.69) is 23.3 Å². The summed E-state index contributed by atoms with van der Waals surface area (Å²) in [5.74, 6) is -0.118. The Balaban J connectivity index is 0.00000246. The van der Waals surface area contributed by atoms with Crippen molar-refractivity contribution in [2.45, 2.75) is 84.9 Å². The molecule has 256 valence electrons. The molecule has 1 saturated carbocycles. The van der Waals surface area contributed by atoms with Crippen LogP contribution in [0.1, 0.15) is 77.8 Å². The van der Waals surface area contributed by atoms with E-state index >= 15 is 4.39 Å². The fourth-order valence-corrected chi connectivity index (χ4v) is 4.93. The van der Waals surface area contributed by atoms with Crippen LogP contribution in [0.3, 0.4) is 0 Å². The van der Waals surface area contributed by atoms with Crippen molar-refractivity contribution < 1.29 is 22.4 Å². The molecule has 1 aliphatic rings. The quantitative estimate of drug-likeness (QED) is 0.0699. The van der Waals surface area contributed by atoms with Gasteiger partial charge in [-0.2, -0.15) is 25.8 Å². The first kappa shape index (κ1) is 39.6. The molecule has 0 spiro atoms. The first-order valence-corrected chi connectivity index (χ1v) is 16.8. The number of amides is 1. The topological polar surface area (TPSA) is 67.1 Å². The zero-order chi connectivity index (χ0) is 35.0. The largest absolute Gasteiger partial charge is 0.416 e. The predicted octanol–water partition coefficient (Wildman–Crippen LogP) is 10.6. The SMILES string of the molecule is CCS.C\C=C/C=C(\C=C/C)C(N)(CCC1CC1)c1ccc(F)c(NC(=O)/C(=C/C(=C/CC)C(F)(F)F)Nc2cccc(CC)c2)c1. The Hall–Kier alpha value is -3.56. The zero-order valence-corrected chi connectivity index (χ0v) is 28.9. The fourth-order valence-electron chi connectivity index (χ4n) is 4.93. The predicted molar refractivity (Wildman–Crippen MR) is 192 cm³/mol.